The maximum Gasteiger partial charge on any atom is 0.0737 e. The Hall–Kier alpha value is -0.100. The summed E-state index contributed by atoms with van der Waals surface area (Å²) in [5.74, 6) is 0. The number of pyridine rings is 1. The number of benzene rings is 1. The van der Waals surface area contributed by atoms with E-state index in [1.807, 2.05) is 24.3 Å². The summed E-state index contributed by atoms with van der Waals surface area (Å²) in [5.41, 5.74) is 1.90. The van der Waals surface area contributed by atoms with E-state index >= 15 is 0 Å². The molecule has 2 aromatic rings. The highest BCUT2D eigenvalue weighted by molar-refractivity contribution is 9.11. The molecule has 1 N–H and O–H groups in total. The number of nitrogens with one attached hydrogen (secondary N) is 1. The Kier molecular flexibility index (Phi) is 5.06. The van der Waals surface area contributed by atoms with Gasteiger partial charge in [0.15, 0.2) is 0 Å². The molecular formula is C12H8Br3ClN2. The molecule has 2 nitrogen and oxygen atoms in total. The zero-order valence-corrected chi connectivity index (χ0v) is 14.6. The summed E-state index contributed by atoms with van der Waals surface area (Å²) in [6, 6.07) is 7.72. The fourth-order valence-electron chi connectivity index (χ4n) is 1.36. The van der Waals surface area contributed by atoms with E-state index in [-0.39, 0.29) is 0 Å². The molecular weight excluding hydrogens is 447 g/mol. The minimum absolute atomic E-state index is 0.631. The summed E-state index contributed by atoms with van der Waals surface area (Å²) in [4.78, 5) is 4.33. The third-order valence-electron chi connectivity index (χ3n) is 2.26. The van der Waals surface area contributed by atoms with Gasteiger partial charge in [0.2, 0.25) is 0 Å². The molecule has 18 heavy (non-hydrogen) atoms. The second-order valence-electron chi connectivity index (χ2n) is 3.56. The minimum atomic E-state index is 0.631. The zero-order valence-electron chi connectivity index (χ0n) is 9.05. The van der Waals surface area contributed by atoms with Crippen molar-refractivity contribution >= 4 is 65.1 Å². The first-order valence-electron chi connectivity index (χ1n) is 5.05. The van der Waals surface area contributed by atoms with Crippen LogP contribution in [0.4, 0.5) is 5.69 Å². The largest absolute Gasteiger partial charge is 0.379 e. The van der Waals surface area contributed by atoms with Crippen LogP contribution in [-0.2, 0) is 6.54 Å². The van der Waals surface area contributed by atoms with Gasteiger partial charge in [-0.1, -0.05) is 11.6 Å². The van der Waals surface area contributed by atoms with E-state index in [2.05, 4.69) is 58.1 Å². The van der Waals surface area contributed by atoms with Crippen LogP contribution < -0.4 is 5.32 Å². The molecule has 0 saturated carbocycles. The van der Waals surface area contributed by atoms with E-state index in [9.17, 15) is 0 Å². The number of hydrogen-bond donors (Lipinski definition) is 1. The fourth-order valence-corrected chi connectivity index (χ4v) is 2.92. The molecule has 0 aliphatic rings. The van der Waals surface area contributed by atoms with Gasteiger partial charge in [-0.25, -0.2) is 0 Å². The lowest BCUT2D eigenvalue weighted by Gasteiger charge is -2.08. The molecule has 1 heterocycles. The monoisotopic (exact) mass is 452 g/mol. The molecule has 1 aromatic heterocycles. The first-order chi connectivity index (χ1) is 8.56. The van der Waals surface area contributed by atoms with Crippen LogP contribution in [-0.4, -0.2) is 4.98 Å². The average molecular weight is 455 g/mol. The number of anilines is 1. The predicted octanol–water partition coefficient (Wildman–Crippen LogP) is 5.63. The topological polar surface area (TPSA) is 24.9 Å². The maximum atomic E-state index is 6.03. The van der Waals surface area contributed by atoms with Crippen LogP contribution in [0, 0.1) is 0 Å². The van der Waals surface area contributed by atoms with Crippen LogP contribution in [0.25, 0.3) is 0 Å². The summed E-state index contributed by atoms with van der Waals surface area (Å²) >= 11 is 16.2. The number of nitrogens with zero attached hydrogens (tertiary/aromatic N) is 1. The molecule has 1 aromatic carbocycles. The van der Waals surface area contributed by atoms with Crippen molar-refractivity contribution in [2.45, 2.75) is 6.54 Å². The van der Waals surface area contributed by atoms with Crippen molar-refractivity contribution < 1.29 is 0 Å². The van der Waals surface area contributed by atoms with Crippen molar-refractivity contribution in [3.63, 3.8) is 0 Å². The van der Waals surface area contributed by atoms with Gasteiger partial charge in [0.1, 0.15) is 0 Å². The smallest absolute Gasteiger partial charge is 0.0737 e. The van der Waals surface area contributed by atoms with Gasteiger partial charge in [-0.05, 0) is 72.1 Å². The molecule has 0 atom stereocenters. The van der Waals surface area contributed by atoms with E-state index in [1.165, 1.54) is 0 Å². The van der Waals surface area contributed by atoms with Gasteiger partial charge in [0.25, 0.3) is 0 Å². The van der Waals surface area contributed by atoms with Gasteiger partial charge in [-0.2, -0.15) is 0 Å². The number of halogens is 4. The predicted molar refractivity (Wildman–Crippen MR) is 86.1 cm³/mol. The van der Waals surface area contributed by atoms with Gasteiger partial charge >= 0.3 is 0 Å². The van der Waals surface area contributed by atoms with Crippen molar-refractivity contribution in [2.75, 3.05) is 5.32 Å². The summed E-state index contributed by atoms with van der Waals surface area (Å²) in [7, 11) is 0. The van der Waals surface area contributed by atoms with Crippen LogP contribution in [0.3, 0.4) is 0 Å². The van der Waals surface area contributed by atoms with Crippen LogP contribution in [0.1, 0.15) is 5.69 Å². The molecule has 94 valence electrons. The first-order valence-corrected chi connectivity index (χ1v) is 7.81. The van der Waals surface area contributed by atoms with Crippen molar-refractivity contribution in [3.05, 3.63) is 54.6 Å². The highest BCUT2D eigenvalue weighted by Crippen LogP contribution is 2.26. The van der Waals surface area contributed by atoms with Crippen LogP contribution >= 0.6 is 59.4 Å². The van der Waals surface area contributed by atoms with Gasteiger partial charge in [-0.15, -0.1) is 0 Å². The van der Waals surface area contributed by atoms with Gasteiger partial charge in [0, 0.05) is 25.3 Å². The lowest BCUT2D eigenvalue weighted by atomic mass is 10.3. The van der Waals surface area contributed by atoms with Crippen LogP contribution in [0.2, 0.25) is 5.02 Å². The molecule has 2 rings (SSSR count). The lowest BCUT2D eigenvalue weighted by molar-refractivity contribution is 1.03. The fraction of sp³-hybridized carbons (Fsp3) is 0.0833. The lowest BCUT2D eigenvalue weighted by Crippen LogP contribution is -2.02. The molecule has 0 aliphatic heterocycles. The van der Waals surface area contributed by atoms with Crippen LogP contribution in [0.5, 0.6) is 0 Å². The number of aromatic nitrogens is 1. The van der Waals surface area contributed by atoms with Crippen molar-refractivity contribution in [2.24, 2.45) is 0 Å². The highest BCUT2D eigenvalue weighted by Gasteiger charge is 2.03. The molecule has 0 amide bonds. The number of hydrogen-bond acceptors (Lipinski definition) is 2. The Labute approximate surface area is 136 Å². The molecule has 0 radical (unpaired) electrons. The Morgan fingerprint density at radius 2 is 1.89 bits per heavy atom. The standard InChI is InChI=1S/C12H8Br3ClN2/c13-7-3-10(15)12(18-5-7)6-17-8-1-2-9(14)11(16)4-8/h1-5,17H,6H2. The second-order valence-corrected chi connectivity index (χ2v) is 6.60. The average Bonchev–Trinajstić information content (AvgIpc) is 2.32. The normalized spacial score (nSPS) is 10.4. The van der Waals surface area contributed by atoms with Crippen molar-refractivity contribution in [3.8, 4) is 0 Å². The van der Waals surface area contributed by atoms with E-state index in [1.54, 1.807) is 6.20 Å². The molecule has 0 spiro atoms. The Bertz CT molecular complexity index is 575. The van der Waals surface area contributed by atoms with Crippen LogP contribution in [0.15, 0.2) is 43.9 Å². The van der Waals surface area contributed by atoms with E-state index in [0.29, 0.717) is 11.6 Å². The third-order valence-corrected chi connectivity index (χ3v) is 4.62. The first kappa shape index (κ1) is 14.3. The quantitative estimate of drug-likeness (QED) is 0.649. The van der Waals surface area contributed by atoms with Gasteiger partial charge in [0.05, 0.1) is 17.3 Å². The number of rotatable bonds is 3. The van der Waals surface area contributed by atoms with E-state index < -0.39 is 0 Å². The minimum Gasteiger partial charge on any atom is -0.379 e. The summed E-state index contributed by atoms with van der Waals surface area (Å²) in [5, 5.41) is 3.96. The Morgan fingerprint density at radius 3 is 2.56 bits per heavy atom. The second kappa shape index (κ2) is 6.37. The van der Waals surface area contributed by atoms with Crippen molar-refractivity contribution in [1.82, 2.24) is 4.98 Å². The van der Waals surface area contributed by atoms with E-state index in [4.69, 9.17) is 11.6 Å². The Balaban J connectivity index is 2.09. The molecule has 0 aliphatic carbocycles. The van der Waals surface area contributed by atoms with Crippen molar-refractivity contribution in [1.29, 1.82) is 0 Å². The molecule has 0 unspecified atom stereocenters. The highest BCUT2D eigenvalue weighted by atomic mass is 79.9. The maximum absolute atomic E-state index is 6.03. The summed E-state index contributed by atoms with van der Waals surface area (Å²) < 4.78 is 2.80. The SMILES string of the molecule is Clc1cc(NCc2ncc(Br)cc2Br)ccc1Br. The zero-order chi connectivity index (χ0) is 13.1. The van der Waals surface area contributed by atoms with Gasteiger partial charge < -0.3 is 5.32 Å². The summed E-state index contributed by atoms with van der Waals surface area (Å²) in [6.07, 6.45) is 1.77. The molecule has 0 bridgehead atoms. The molecule has 0 fully saturated rings. The molecule has 0 saturated heterocycles. The summed E-state index contributed by atoms with van der Waals surface area (Å²) in [6.45, 7) is 0.631. The molecule has 6 heteroatoms. The third kappa shape index (κ3) is 3.70. The van der Waals surface area contributed by atoms with Gasteiger partial charge in [-0.3, -0.25) is 4.98 Å². The Morgan fingerprint density at radius 1 is 1.11 bits per heavy atom. The van der Waals surface area contributed by atoms with E-state index in [0.717, 1.165) is 24.8 Å².